The van der Waals surface area contributed by atoms with E-state index in [-0.39, 0.29) is 11.9 Å². The molecule has 0 unspecified atom stereocenters. The zero-order chi connectivity index (χ0) is 16.1. The molecule has 124 valence electrons. The number of hydrogen-bond donors (Lipinski definition) is 3. The summed E-state index contributed by atoms with van der Waals surface area (Å²) in [5.74, 6) is -0.0288. The Bertz CT molecular complexity index is 544. The minimum atomic E-state index is -0.167. The van der Waals surface area contributed by atoms with E-state index < -0.39 is 0 Å². The number of anilines is 1. The summed E-state index contributed by atoms with van der Waals surface area (Å²) < 4.78 is 0. The summed E-state index contributed by atoms with van der Waals surface area (Å²) >= 11 is 0. The number of nitrogens with one attached hydrogen (secondary N) is 3. The topological polar surface area (TPSA) is 70.2 Å². The molecule has 3 N–H and O–H groups in total. The lowest BCUT2D eigenvalue weighted by molar-refractivity contribution is 0.0938. The summed E-state index contributed by atoms with van der Waals surface area (Å²) in [6.45, 7) is 0. The van der Waals surface area contributed by atoms with Gasteiger partial charge < -0.3 is 16.0 Å². The number of carbonyl (C=O) groups is 2. The zero-order valence-electron chi connectivity index (χ0n) is 13.4. The number of carbonyl (C=O) groups excluding carboxylic acids is 2. The van der Waals surface area contributed by atoms with Gasteiger partial charge in [-0.05, 0) is 49.9 Å². The average molecular weight is 315 g/mol. The standard InChI is InChI=1S/C18H25N3O2/c22-17(19-14-5-1-2-6-14)13-9-11-16(12-10-13)21-18(23)20-15-7-3-4-8-15/h9-12,14-15H,1-8H2,(H,19,22)(H2,20,21,23). The van der Waals surface area contributed by atoms with Crippen LogP contribution < -0.4 is 16.0 Å². The third-order valence-corrected chi connectivity index (χ3v) is 4.79. The fraction of sp³-hybridized carbons (Fsp3) is 0.556. The van der Waals surface area contributed by atoms with Crippen LogP contribution in [-0.2, 0) is 0 Å². The van der Waals surface area contributed by atoms with E-state index in [1.54, 1.807) is 24.3 Å². The predicted octanol–water partition coefficient (Wildman–Crippen LogP) is 3.42. The van der Waals surface area contributed by atoms with Gasteiger partial charge in [0.2, 0.25) is 0 Å². The Labute approximate surface area is 137 Å². The summed E-state index contributed by atoms with van der Waals surface area (Å²) in [7, 11) is 0. The van der Waals surface area contributed by atoms with E-state index in [4.69, 9.17) is 0 Å². The highest BCUT2D eigenvalue weighted by Crippen LogP contribution is 2.19. The Morgan fingerprint density at radius 1 is 0.783 bits per heavy atom. The largest absolute Gasteiger partial charge is 0.349 e. The summed E-state index contributed by atoms with van der Waals surface area (Å²) in [6.07, 6.45) is 9.06. The number of hydrogen-bond acceptors (Lipinski definition) is 2. The van der Waals surface area contributed by atoms with Crippen molar-refractivity contribution in [2.45, 2.75) is 63.5 Å². The highest BCUT2D eigenvalue weighted by atomic mass is 16.2. The second-order valence-electron chi connectivity index (χ2n) is 6.61. The van der Waals surface area contributed by atoms with Gasteiger partial charge in [-0.15, -0.1) is 0 Å². The normalized spacial score (nSPS) is 18.8. The van der Waals surface area contributed by atoms with Gasteiger partial charge in [0.1, 0.15) is 0 Å². The van der Waals surface area contributed by atoms with Gasteiger partial charge in [0.15, 0.2) is 0 Å². The van der Waals surface area contributed by atoms with Crippen LogP contribution in [0.5, 0.6) is 0 Å². The molecular weight excluding hydrogens is 290 g/mol. The smallest absolute Gasteiger partial charge is 0.319 e. The van der Waals surface area contributed by atoms with Crippen molar-refractivity contribution in [2.75, 3.05) is 5.32 Å². The summed E-state index contributed by atoms with van der Waals surface area (Å²) in [6, 6.07) is 7.52. The number of rotatable bonds is 4. The molecule has 0 atom stereocenters. The van der Waals surface area contributed by atoms with E-state index in [1.165, 1.54) is 25.7 Å². The molecule has 0 aliphatic heterocycles. The summed E-state index contributed by atoms with van der Waals surface area (Å²) in [4.78, 5) is 24.1. The van der Waals surface area contributed by atoms with Crippen molar-refractivity contribution in [1.82, 2.24) is 10.6 Å². The molecular formula is C18H25N3O2. The van der Waals surface area contributed by atoms with Gasteiger partial charge in [-0.2, -0.15) is 0 Å². The van der Waals surface area contributed by atoms with Crippen molar-refractivity contribution in [2.24, 2.45) is 0 Å². The molecule has 23 heavy (non-hydrogen) atoms. The molecule has 2 fully saturated rings. The molecule has 1 aromatic carbocycles. The lowest BCUT2D eigenvalue weighted by atomic mass is 10.1. The Kier molecular flexibility index (Phi) is 5.16. The Hall–Kier alpha value is -2.04. The molecule has 0 bridgehead atoms. The van der Waals surface area contributed by atoms with E-state index in [0.717, 1.165) is 25.7 Å². The molecule has 5 heteroatoms. The molecule has 0 spiro atoms. The second-order valence-corrected chi connectivity index (χ2v) is 6.61. The fourth-order valence-electron chi connectivity index (χ4n) is 3.47. The summed E-state index contributed by atoms with van der Waals surface area (Å²) in [5, 5.41) is 8.87. The third kappa shape index (κ3) is 4.47. The highest BCUT2D eigenvalue weighted by molar-refractivity contribution is 5.95. The molecule has 0 radical (unpaired) electrons. The monoisotopic (exact) mass is 315 g/mol. The number of urea groups is 1. The maximum absolute atomic E-state index is 12.2. The van der Waals surface area contributed by atoms with E-state index in [0.29, 0.717) is 23.3 Å². The van der Waals surface area contributed by atoms with Crippen molar-refractivity contribution in [3.8, 4) is 0 Å². The molecule has 5 nitrogen and oxygen atoms in total. The quantitative estimate of drug-likeness (QED) is 0.796. The van der Waals surface area contributed by atoms with Crippen LogP contribution in [-0.4, -0.2) is 24.0 Å². The molecule has 3 rings (SSSR count). The van der Waals surface area contributed by atoms with Gasteiger partial charge in [0, 0.05) is 23.3 Å². The third-order valence-electron chi connectivity index (χ3n) is 4.79. The van der Waals surface area contributed by atoms with Crippen LogP contribution >= 0.6 is 0 Å². The van der Waals surface area contributed by atoms with Crippen LogP contribution in [0.4, 0.5) is 10.5 Å². The minimum absolute atomic E-state index is 0.0288. The number of benzene rings is 1. The van der Waals surface area contributed by atoms with E-state index in [9.17, 15) is 9.59 Å². The van der Waals surface area contributed by atoms with Crippen LogP contribution in [0.15, 0.2) is 24.3 Å². The van der Waals surface area contributed by atoms with E-state index in [1.807, 2.05) is 0 Å². The highest BCUT2D eigenvalue weighted by Gasteiger charge is 2.18. The summed E-state index contributed by atoms with van der Waals surface area (Å²) in [5.41, 5.74) is 1.34. The van der Waals surface area contributed by atoms with Crippen LogP contribution in [0, 0.1) is 0 Å². The molecule has 1 aromatic rings. The lowest BCUT2D eigenvalue weighted by Gasteiger charge is -2.14. The van der Waals surface area contributed by atoms with Gasteiger partial charge >= 0.3 is 6.03 Å². The fourth-order valence-corrected chi connectivity index (χ4v) is 3.47. The Morgan fingerprint density at radius 2 is 1.30 bits per heavy atom. The van der Waals surface area contributed by atoms with Crippen LogP contribution in [0.2, 0.25) is 0 Å². The first-order valence-electron chi connectivity index (χ1n) is 8.69. The van der Waals surface area contributed by atoms with Crippen LogP contribution in [0.1, 0.15) is 61.7 Å². The van der Waals surface area contributed by atoms with E-state index >= 15 is 0 Å². The molecule has 0 aromatic heterocycles. The van der Waals surface area contributed by atoms with Crippen molar-refractivity contribution in [3.05, 3.63) is 29.8 Å². The van der Waals surface area contributed by atoms with Crippen LogP contribution in [0.25, 0.3) is 0 Å². The van der Waals surface area contributed by atoms with Crippen molar-refractivity contribution < 1.29 is 9.59 Å². The average Bonchev–Trinajstić information content (AvgIpc) is 3.21. The van der Waals surface area contributed by atoms with Crippen molar-refractivity contribution >= 4 is 17.6 Å². The van der Waals surface area contributed by atoms with Gasteiger partial charge in [0.05, 0.1) is 0 Å². The lowest BCUT2D eigenvalue weighted by Crippen LogP contribution is -2.36. The molecule has 2 aliphatic rings. The predicted molar refractivity (Wildman–Crippen MR) is 90.6 cm³/mol. The van der Waals surface area contributed by atoms with Gasteiger partial charge in [0.25, 0.3) is 5.91 Å². The Morgan fingerprint density at radius 3 is 1.87 bits per heavy atom. The van der Waals surface area contributed by atoms with Crippen LogP contribution in [0.3, 0.4) is 0 Å². The Balaban J connectivity index is 1.49. The first-order chi connectivity index (χ1) is 11.2. The second kappa shape index (κ2) is 7.49. The SMILES string of the molecule is O=C(Nc1ccc(C(=O)NC2CCCC2)cc1)NC1CCCC1. The molecule has 0 saturated heterocycles. The molecule has 3 amide bonds. The maximum Gasteiger partial charge on any atom is 0.319 e. The van der Waals surface area contributed by atoms with Crippen molar-refractivity contribution in [1.29, 1.82) is 0 Å². The zero-order valence-corrected chi connectivity index (χ0v) is 13.4. The van der Waals surface area contributed by atoms with E-state index in [2.05, 4.69) is 16.0 Å². The minimum Gasteiger partial charge on any atom is -0.349 e. The van der Waals surface area contributed by atoms with Crippen molar-refractivity contribution in [3.63, 3.8) is 0 Å². The molecule has 2 aliphatic carbocycles. The number of amides is 3. The van der Waals surface area contributed by atoms with Gasteiger partial charge in [-0.25, -0.2) is 4.79 Å². The molecule has 2 saturated carbocycles. The first kappa shape index (κ1) is 15.8. The maximum atomic E-state index is 12.2. The van der Waals surface area contributed by atoms with Gasteiger partial charge in [-0.3, -0.25) is 4.79 Å². The van der Waals surface area contributed by atoms with Gasteiger partial charge in [-0.1, -0.05) is 25.7 Å². The first-order valence-corrected chi connectivity index (χ1v) is 8.69. The molecule has 0 heterocycles.